The molecular weight excluding hydrogens is 206 g/mol. The number of nitrogens with zero attached hydrogens (tertiary/aromatic N) is 1. The maximum atomic E-state index is 9.82. The second-order valence-electron chi connectivity index (χ2n) is 4.67. The third-order valence-electron chi connectivity index (χ3n) is 3.19. The van der Waals surface area contributed by atoms with Crippen molar-refractivity contribution in [2.75, 3.05) is 19.6 Å². The van der Waals surface area contributed by atoms with Crippen molar-refractivity contribution in [1.29, 1.82) is 0 Å². The molecule has 1 aromatic heterocycles. The van der Waals surface area contributed by atoms with Crippen LogP contribution in [0.25, 0.3) is 0 Å². The van der Waals surface area contributed by atoms with E-state index in [9.17, 15) is 5.11 Å². The smallest absolute Gasteiger partial charge is 0.0644 e. The van der Waals surface area contributed by atoms with Gasteiger partial charge >= 0.3 is 0 Å². The van der Waals surface area contributed by atoms with E-state index in [0.29, 0.717) is 0 Å². The van der Waals surface area contributed by atoms with Gasteiger partial charge in [-0.15, -0.1) is 11.3 Å². The van der Waals surface area contributed by atoms with E-state index in [1.807, 2.05) is 18.3 Å². The highest BCUT2D eigenvalue weighted by molar-refractivity contribution is 7.09. The first-order chi connectivity index (χ1) is 7.16. The maximum absolute atomic E-state index is 9.82. The standard InChI is InChI=1S/C12H19NOS/c1-12(14)5-8-13(9-6-12)7-4-11-3-2-10-15-11/h2-3,10,14H,4-9H2,1H3. The van der Waals surface area contributed by atoms with E-state index in [1.54, 1.807) is 0 Å². The van der Waals surface area contributed by atoms with Gasteiger partial charge in [0.05, 0.1) is 5.60 Å². The quantitative estimate of drug-likeness (QED) is 0.852. The Morgan fingerprint density at radius 3 is 2.80 bits per heavy atom. The molecule has 0 atom stereocenters. The van der Waals surface area contributed by atoms with Crippen LogP contribution in [0.5, 0.6) is 0 Å². The minimum absolute atomic E-state index is 0.417. The van der Waals surface area contributed by atoms with Crippen molar-refractivity contribution >= 4 is 11.3 Å². The lowest BCUT2D eigenvalue weighted by molar-refractivity contribution is -0.00487. The zero-order valence-corrected chi connectivity index (χ0v) is 10.1. The summed E-state index contributed by atoms with van der Waals surface area (Å²) in [6.45, 7) is 5.16. The van der Waals surface area contributed by atoms with Crippen molar-refractivity contribution in [2.24, 2.45) is 0 Å². The van der Waals surface area contributed by atoms with Crippen LogP contribution in [0, 0.1) is 0 Å². The summed E-state index contributed by atoms with van der Waals surface area (Å²) >= 11 is 1.84. The monoisotopic (exact) mass is 225 g/mol. The summed E-state index contributed by atoms with van der Waals surface area (Å²) < 4.78 is 0. The van der Waals surface area contributed by atoms with Crippen LogP contribution in [0.2, 0.25) is 0 Å². The van der Waals surface area contributed by atoms with E-state index in [4.69, 9.17) is 0 Å². The van der Waals surface area contributed by atoms with Crippen LogP contribution >= 0.6 is 11.3 Å². The van der Waals surface area contributed by atoms with E-state index < -0.39 is 5.60 Å². The minimum atomic E-state index is -0.417. The first kappa shape index (κ1) is 11.1. The van der Waals surface area contributed by atoms with Crippen LogP contribution in [0.3, 0.4) is 0 Å². The fraction of sp³-hybridized carbons (Fsp3) is 0.667. The molecule has 1 aliphatic rings. The predicted molar refractivity (Wildman–Crippen MR) is 64.3 cm³/mol. The predicted octanol–water partition coefficient (Wildman–Crippen LogP) is 2.14. The fourth-order valence-corrected chi connectivity index (χ4v) is 2.68. The highest BCUT2D eigenvalue weighted by Gasteiger charge is 2.26. The molecule has 0 aromatic carbocycles. The largest absolute Gasteiger partial charge is 0.390 e. The number of hydrogen-bond donors (Lipinski definition) is 1. The summed E-state index contributed by atoms with van der Waals surface area (Å²) in [6.07, 6.45) is 2.98. The Morgan fingerprint density at radius 1 is 1.47 bits per heavy atom. The lowest BCUT2D eigenvalue weighted by Gasteiger charge is -2.35. The van der Waals surface area contributed by atoms with Gasteiger partial charge < -0.3 is 10.0 Å². The molecule has 1 aromatic rings. The molecule has 0 saturated carbocycles. The molecule has 0 unspecified atom stereocenters. The summed E-state index contributed by atoms with van der Waals surface area (Å²) in [7, 11) is 0. The zero-order chi connectivity index (χ0) is 10.7. The molecule has 0 spiro atoms. The highest BCUT2D eigenvalue weighted by Crippen LogP contribution is 2.21. The van der Waals surface area contributed by atoms with Crippen molar-refractivity contribution in [2.45, 2.75) is 31.8 Å². The van der Waals surface area contributed by atoms with Gasteiger partial charge in [0.15, 0.2) is 0 Å². The first-order valence-corrected chi connectivity index (χ1v) is 6.51. The Kier molecular flexibility index (Phi) is 3.44. The van der Waals surface area contributed by atoms with Crippen molar-refractivity contribution in [1.82, 2.24) is 4.90 Å². The van der Waals surface area contributed by atoms with Crippen molar-refractivity contribution < 1.29 is 5.11 Å². The van der Waals surface area contributed by atoms with Gasteiger partial charge in [0.1, 0.15) is 0 Å². The van der Waals surface area contributed by atoms with Gasteiger partial charge in [0, 0.05) is 24.5 Å². The third-order valence-corrected chi connectivity index (χ3v) is 4.12. The highest BCUT2D eigenvalue weighted by atomic mass is 32.1. The van der Waals surface area contributed by atoms with Crippen molar-refractivity contribution in [3.05, 3.63) is 22.4 Å². The summed E-state index contributed by atoms with van der Waals surface area (Å²) in [5.74, 6) is 0. The molecule has 84 valence electrons. The van der Waals surface area contributed by atoms with Crippen molar-refractivity contribution in [3.63, 3.8) is 0 Å². The van der Waals surface area contributed by atoms with Gasteiger partial charge in [-0.05, 0) is 37.6 Å². The number of rotatable bonds is 3. The molecule has 0 bridgehead atoms. The second-order valence-corrected chi connectivity index (χ2v) is 5.70. The van der Waals surface area contributed by atoms with E-state index in [1.165, 1.54) is 4.88 Å². The topological polar surface area (TPSA) is 23.5 Å². The van der Waals surface area contributed by atoms with E-state index in [0.717, 1.165) is 38.9 Å². The average Bonchev–Trinajstić information content (AvgIpc) is 2.69. The Balaban J connectivity index is 1.73. The Bertz CT molecular complexity index is 285. The van der Waals surface area contributed by atoms with Gasteiger partial charge in [-0.25, -0.2) is 0 Å². The normalized spacial score (nSPS) is 21.7. The molecule has 3 heteroatoms. The molecule has 1 saturated heterocycles. The van der Waals surface area contributed by atoms with Crippen LogP contribution in [-0.4, -0.2) is 35.2 Å². The third kappa shape index (κ3) is 3.30. The van der Waals surface area contributed by atoms with E-state index in [2.05, 4.69) is 22.4 Å². The lowest BCUT2D eigenvalue weighted by Crippen LogP contribution is -2.43. The van der Waals surface area contributed by atoms with Gasteiger partial charge in [-0.1, -0.05) is 6.07 Å². The molecular formula is C12H19NOS. The summed E-state index contributed by atoms with van der Waals surface area (Å²) in [5, 5.41) is 12.0. The molecule has 0 aliphatic carbocycles. The van der Waals surface area contributed by atoms with Crippen LogP contribution < -0.4 is 0 Å². The SMILES string of the molecule is CC1(O)CCN(CCc2cccs2)CC1. The Morgan fingerprint density at radius 2 is 2.20 bits per heavy atom. The van der Waals surface area contributed by atoms with Gasteiger partial charge in [0.2, 0.25) is 0 Å². The van der Waals surface area contributed by atoms with Gasteiger partial charge in [0.25, 0.3) is 0 Å². The average molecular weight is 225 g/mol. The van der Waals surface area contributed by atoms with E-state index in [-0.39, 0.29) is 0 Å². The molecule has 2 heterocycles. The number of hydrogen-bond acceptors (Lipinski definition) is 3. The molecule has 0 radical (unpaired) electrons. The van der Waals surface area contributed by atoms with E-state index >= 15 is 0 Å². The number of likely N-dealkylation sites (tertiary alicyclic amines) is 1. The van der Waals surface area contributed by atoms with Crippen molar-refractivity contribution in [3.8, 4) is 0 Å². The number of piperidine rings is 1. The molecule has 2 nitrogen and oxygen atoms in total. The molecule has 1 fully saturated rings. The van der Waals surface area contributed by atoms with Gasteiger partial charge in [-0.3, -0.25) is 0 Å². The summed E-state index contributed by atoms with van der Waals surface area (Å²) in [6, 6.07) is 4.31. The molecule has 2 rings (SSSR count). The van der Waals surface area contributed by atoms with Crippen LogP contribution in [0.4, 0.5) is 0 Å². The van der Waals surface area contributed by atoms with Crippen LogP contribution in [0.15, 0.2) is 17.5 Å². The van der Waals surface area contributed by atoms with Gasteiger partial charge in [-0.2, -0.15) is 0 Å². The molecule has 15 heavy (non-hydrogen) atoms. The minimum Gasteiger partial charge on any atom is -0.390 e. The molecule has 0 amide bonds. The maximum Gasteiger partial charge on any atom is 0.0644 e. The fourth-order valence-electron chi connectivity index (χ4n) is 1.98. The summed E-state index contributed by atoms with van der Waals surface area (Å²) in [4.78, 5) is 3.92. The number of thiophene rings is 1. The second kappa shape index (κ2) is 4.64. The molecule has 1 aliphatic heterocycles. The molecule has 1 N–H and O–H groups in total. The lowest BCUT2D eigenvalue weighted by atomic mass is 9.94. The van der Waals surface area contributed by atoms with Crippen LogP contribution in [-0.2, 0) is 6.42 Å². The first-order valence-electron chi connectivity index (χ1n) is 5.63. The number of aliphatic hydroxyl groups is 1. The van der Waals surface area contributed by atoms with Crippen LogP contribution in [0.1, 0.15) is 24.6 Å². The Hall–Kier alpha value is -0.380. The zero-order valence-electron chi connectivity index (χ0n) is 9.28. The summed E-state index contributed by atoms with van der Waals surface area (Å²) in [5.41, 5.74) is -0.417. The Labute approximate surface area is 95.5 Å².